The second-order valence-corrected chi connectivity index (χ2v) is 4.31. The number of hydrogen-bond donors (Lipinski definition) is 2. The molecule has 4 heteroatoms. The Hall–Kier alpha value is -0.870. The standard InChI is InChI=1S/C11H20N2O2/c1-11(15)5-8-13(9-6-11)7-3-4-10(14)12-2/h3-4,15H,5-9H2,1-2H3,(H,12,14)/b4-3+. The number of piperidine rings is 1. The molecule has 2 N–H and O–H groups in total. The number of carbonyl (C=O) groups is 1. The van der Waals surface area contributed by atoms with Crippen LogP contribution in [0.2, 0.25) is 0 Å². The van der Waals surface area contributed by atoms with Crippen molar-refractivity contribution in [2.75, 3.05) is 26.7 Å². The third kappa shape index (κ3) is 4.44. The van der Waals surface area contributed by atoms with Crippen LogP contribution in [0.4, 0.5) is 0 Å². The monoisotopic (exact) mass is 212 g/mol. The van der Waals surface area contributed by atoms with Crippen molar-refractivity contribution in [2.45, 2.75) is 25.4 Å². The van der Waals surface area contributed by atoms with E-state index in [2.05, 4.69) is 10.2 Å². The van der Waals surface area contributed by atoms with Crippen LogP contribution >= 0.6 is 0 Å². The first-order valence-corrected chi connectivity index (χ1v) is 5.36. The summed E-state index contributed by atoms with van der Waals surface area (Å²) in [7, 11) is 1.62. The van der Waals surface area contributed by atoms with Gasteiger partial charge in [0.2, 0.25) is 5.91 Å². The number of carbonyl (C=O) groups excluding carboxylic acids is 1. The Bertz CT molecular complexity index is 239. The minimum Gasteiger partial charge on any atom is -0.390 e. The Morgan fingerprint density at radius 2 is 2.13 bits per heavy atom. The third-order valence-electron chi connectivity index (χ3n) is 2.81. The zero-order valence-corrected chi connectivity index (χ0v) is 9.49. The molecule has 0 atom stereocenters. The van der Waals surface area contributed by atoms with E-state index < -0.39 is 5.60 Å². The summed E-state index contributed by atoms with van der Waals surface area (Å²) in [5, 5.41) is 12.3. The normalized spacial score (nSPS) is 21.8. The summed E-state index contributed by atoms with van der Waals surface area (Å²) in [4.78, 5) is 13.1. The first kappa shape index (κ1) is 12.2. The van der Waals surface area contributed by atoms with Gasteiger partial charge in [-0.3, -0.25) is 9.69 Å². The summed E-state index contributed by atoms with van der Waals surface area (Å²) in [6.45, 7) is 4.45. The van der Waals surface area contributed by atoms with Crippen molar-refractivity contribution < 1.29 is 9.90 Å². The van der Waals surface area contributed by atoms with Crippen molar-refractivity contribution in [1.29, 1.82) is 0 Å². The van der Waals surface area contributed by atoms with E-state index in [0.29, 0.717) is 0 Å². The van der Waals surface area contributed by atoms with E-state index in [-0.39, 0.29) is 5.91 Å². The van der Waals surface area contributed by atoms with Gasteiger partial charge in [0.25, 0.3) is 0 Å². The van der Waals surface area contributed by atoms with Crippen LogP contribution in [0.5, 0.6) is 0 Å². The van der Waals surface area contributed by atoms with Crippen molar-refractivity contribution in [3.05, 3.63) is 12.2 Å². The molecule has 15 heavy (non-hydrogen) atoms. The second kappa shape index (κ2) is 5.28. The van der Waals surface area contributed by atoms with E-state index in [0.717, 1.165) is 32.5 Å². The van der Waals surface area contributed by atoms with Crippen molar-refractivity contribution >= 4 is 5.91 Å². The second-order valence-electron chi connectivity index (χ2n) is 4.31. The first-order chi connectivity index (χ1) is 7.03. The molecular weight excluding hydrogens is 192 g/mol. The Labute approximate surface area is 91.0 Å². The lowest BCUT2D eigenvalue weighted by Crippen LogP contribution is -2.42. The molecule has 0 aromatic heterocycles. The van der Waals surface area contributed by atoms with Gasteiger partial charge in [0.05, 0.1) is 5.60 Å². The molecule has 1 fully saturated rings. The smallest absolute Gasteiger partial charge is 0.243 e. The van der Waals surface area contributed by atoms with Gasteiger partial charge in [-0.2, -0.15) is 0 Å². The number of nitrogens with zero attached hydrogens (tertiary/aromatic N) is 1. The minimum atomic E-state index is -0.499. The Morgan fingerprint density at radius 3 is 2.67 bits per heavy atom. The number of nitrogens with one attached hydrogen (secondary N) is 1. The summed E-state index contributed by atoms with van der Waals surface area (Å²) in [5.74, 6) is -0.0704. The van der Waals surface area contributed by atoms with E-state index in [1.54, 1.807) is 13.1 Å². The zero-order chi connectivity index (χ0) is 11.3. The minimum absolute atomic E-state index is 0.0704. The first-order valence-electron chi connectivity index (χ1n) is 5.36. The zero-order valence-electron chi connectivity index (χ0n) is 9.49. The third-order valence-corrected chi connectivity index (χ3v) is 2.81. The van der Waals surface area contributed by atoms with Crippen molar-refractivity contribution in [3.63, 3.8) is 0 Å². The van der Waals surface area contributed by atoms with Crippen LogP contribution in [0.1, 0.15) is 19.8 Å². The molecule has 1 aliphatic rings. The molecule has 4 nitrogen and oxygen atoms in total. The SMILES string of the molecule is CNC(=O)/C=C/CN1CCC(C)(O)CC1. The van der Waals surface area contributed by atoms with Gasteiger partial charge in [-0.05, 0) is 19.8 Å². The highest BCUT2D eigenvalue weighted by molar-refractivity contribution is 5.87. The average molecular weight is 212 g/mol. The van der Waals surface area contributed by atoms with Crippen LogP contribution in [0.3, 0.4) is 0 Å². The van der Waals surface area contributed by atoms with Gasteiger partial charge < -0.3 is 10.4 Å². The number of likely N-dealkylation sites (tertiary alicyclic amines) is 1. The van der Waals surface area contributed by atoms with Crippen LogP contribution in [-0.4, -0.2) is 48.2 Å². The molecule has 86 valence electrons. The van der Waals surface area contributed by atoms with Gasteiger partial charge in [0.1, 0.15) is 0 Å². The van der Waals surface area contributed by atoms with E-state index in [9.17, 15) is 9.90 Å². The van der Waals surface area contributed by atoms with Gasteiger partial charge in [-0.25, -0.2) is 0 Å². The lowest BCUT2D eigenvalue weighted by Gasteiger charge is -2.35. The summed E-state index contributed by atoms with van der Waals surface area (Å²) in [6.07, 6.45) is 5.02. The number of hydrogen-bond acceptors (Lipinski definition) is 3. The highest BCUT2D eigenvalue weighted by atomic mass is 16.3. The highest BCUT2D eigenvalue weighted by Gasteiger charge is 2.26. The molecule has 0 bridgehead atoms. The maximum atomic E-state index is 10.9. The summed E-state index contributed by atoms with van der Waals surface area (Å²) >= 11 is 0. The number of likely N-dealkylation sites (N-methyl/N-ethyl adjacent to an activating group) is 1. The molecule has 0 aromatic rings. The average Bonchev–Trinajstić information content (AvgIpc) is 2.20. The van der Waals surface area contributed by atoms with Crippen LogP contribution < -0.4 is 5.32 Å². The predicted octanol–water partition coefficient (Wildman–Crippen LogP) is 0.135. The maximum Gasteiger partial charge on any atom is 0.243 e. The maximum absolute atomic E-state index is 10.9. The van der Waals surface area contributed by atoms with Gasteiger partial charge >= 0.3 is 0 Å². The van der Waals surface area contributed by atoms with Crippen molar-refractivity contribution in [1.82, 2.24) is 10.2 Å². The van der Waals surface area contributed by atoms with Gasteiger partial charge in [-0.15, -0.1) is 0 Å². The van der Waals surface area contributed by atoms with Gasteiger partial charge in [-0.1, -0.05) is 6.08 Å². The highest BCUT2D eigenvalue weighted by Crippen LogP contribution is 2.20. The summed E-state index contributed by atoms with van der Waals surface area (Å²) in [5.41, 5.74) is -0.499. The van der Waals surface area contributed by atoms with E-state index in [1.165, 1.54) is 0 Å². The Balaban J connectivity index is 2.25. The molecule has 1 rings (SSSR count). The molecule has 1 saturated heterocycles. The fraction of sp³-hybridized carbons (Fsp3) is 0.727. The molecule has 0 aromatic carbocycles. The fourth-order valence-corrected chi connectivity index (χ4v) is 1.61. The van der Waals surface area contributed by atoms with Gasteiger partial charge in [0.15, 0.2) is 0 Å². The van der Waals surface area contributed by atoms with E-state index >= 15 is 0 Å². The number of amides is 1. The largest absolute Gasteiger partial charge is 0.390 e. The van der Waals surface area contributed by atoms with Crippen LogP contribution in [0.15, 0.2) is 12.2 Å². The van der Waals surface area contributed by atoms with E-state index in [4.69, 9.17) is 0 Å². The summed E-state index contributed by atoms with van der Waals surface area (Å²) in [6, 6.07) is 0. The Morgan fingerprint density at radius 1 is 1.53 bits per heavy atom. The molecule has 0 unspecified atom stereocenters. The summed E-state index contributed by atoms with van der Waals surface area (Å²) < 4.78 is 0. The molecule has 0 saturated carbocycles. The van der Waals surface area contributed by atoms with Crippen LogP contribution in [0.25, 0.3) is 0 Å². The van der Waals surface area contributed by atoms with Crippen molar-refractivity contribution in [2.24, 2.45) is 0 Å². The molecule has 0 spiro atoms. The Kier molecular flexibility index (Phi) is 4.29. The van der Waals surface area contributed by atoms with E-state index in [1.807, 2.05) is 13.0 Å². The lowest BCUT2D eigenvalue weighted by molar-refractivity contribution is -0.116. The number of rotatable bonds is 3. The topological polar surface area (TPSA) is 52.6 Å². The molecule has 1 heterocycles. The fourth-order valence-electron chi connectivity index (χ4n) is 1.61. The molecule has 1 amide bonds. The molecule has 0 aliphatic carbocycles. The van der Waals surface area contributed by atoms with Crippen LogP contribution in [-0.2, 0) is 4.79 Å². The molecule has 0 radical (unpaired) electrons. The molecular formula is C11H20N2O2. The predicted molar refractivity (Wildman–Crippen MR) is 59.5 cm³/mol. The number of aliphatic hydroxyl groups is 1. The molecule has 1 aliphatic heterocycles. The van der Waals surface area contributed by atoms with Crippen molar-refractivity contribution in [3.8, 4) is 0 Å². The van der Waals surface area contributed by atoms with Crippen LogP contribution in [0, 0.1) is 0 Å². The van der Waals surface area contributed by atoms with Gasteiger partial charge in [0, 0.05) is 32.8 Å². The lowest BCUT2D eigenvalue weighted by atomic mass is 9.94. The quantitative estimate of drug-likeness (QED) is 0.654.